The SMILES string of the molecule is CC(C)N(CC1CCCN1)c1cc(F)cc(F)c1[N+](=O)[O-]. The standard InChI is InChI=1S/C14H19F2N3O2/c1-9(2)18(8-11-4-3-5-17-11)13-7-10(15)6-12(16)14(13)19(20)21/h6-7,9,11,17H,3-5,8H2,1-2H3. The van der Waals surface area contributed by atoms with Crippen molar-refractivity contribution in [3.8, 4) is 0 Å². The maximum Gasteiger partial charge on any atom is 0.328 e. The Labute approximate surface area is 122 Å². The highest BCUT2D eigenvalue weighted by Crippen LogP contribution is 2.33. The lowest BCUT2D eigenvalue weighted by Gasteiger charge is -2.31. The van der Waals surface area contributed by atoms with E-state index >= 15 is 0 Å². The molecule has 1 unspecified atom stereocenters. The molecule has 0 radical (unpaired) electrons. The fourth-order valence-electron chi connectivity index (χ4n) is 2.69. The van der Waals surface area contributed by atoms with Gasteiger partial charge in [-0.2, -0.15) is 4.39 Å². The van der Waals surface area contributed by atoms with Crippen LogP contribution in [-0.2, 0) is 0 Å². The number of nitrogens with zero attached hydrogens (tertiary/aromatic N) is 2. The minimum atomic E-state index is -1.14. The van der Waals surface area contributed by atoms with Gasteiger partial charge in [-0.25, -0.2) is 4.39 Å². The molecular formula is C14H19F2N3O2. The van der Waals surface area contributed by atoms with Gasteiger partial charge in [0.2, 0.25) is 5.82 Å². The normalized spacial score (nSPS) is 18.2. The third-order valence-corrected chi connectivity index (χ3v) is 3.70. The molecule has 21 heavy (non-hydrogen) atoms. The van der Waals surface area contributed by atoms with Gasteiger partial charge in [-0.1, -0.05) is 0 Å². The van der Waals surface area contributed by atoms with Crippen molar-refractivity contribution in [3.05, 3.63) is 33.9 Å². The van der Waals surface area contributed by atoms with Gasteiger partial charge < -0.3 is 10.2 Å². The molecular weight excluding hydrogens is 280 g/mol. The number of hydrogen-bond donors (Lipinski definition) is 1. The highest BCUT2D eigenvalue weighted by Gasteiger charge is 2.29. The molecule has 1 aromatic carbocycles. The minimum absolute atomic E-state index is 0.00111. The Bertz CT molecular complexity index is 531. The number of nitrogens with one attached hydrogen (secondary N) is 1. The van der Waals surface area contributed by atoms with Crippen LogP contribution in [0.25, 0.3) is 0 Å². The molecule has 1 N–H and O–H groups in total. The Morgan fingerprint density at radius 1 is 1.48 bits per heavy atom. The van der Waals surface area contributed by atoms with E-state index in [1.807, 2.05) is 13.8 Å². The minimum Gasteiger partial charge on any atom is -0.362 e. The summed E-state index contributed by atoms with van der Waals surface area (Å²) >= 11 is 0. The second-order valence-corrected chi connectivity index (χ2v) is 5.55. The zero-order valence-electron chi connectivity index (χ0n) is 12.1. The molecule has 116 valence electrons. The Kier molecular flexibility index (Phi) is 4.72. The number of nitro groups is 1. The van der Waals surface area contributed by atoms with Crippen LogP contribution in [0.15, 0.2) is 12.1 Å². The van der Waals surface area contributed by atoms with E-state index in [1.165, 1.54) is 0 Å². The van der Waals surface area contributed by atoms with E-state index < -0.39 is 22.2 Å². The van der Waals surface area contributed by atoms with Crippen molar-refractivity contribution in [1.82, 2.24) is 5.32 Å². The van der Waals surface area contributed by atoms with Crippen molar-refractivity contribution >= 4 is 11.4 Å². The Balaban J connectivity index is 2.41. The van der Waals surface area contributed by atoms with Crippen LogP contribution in [0.1, 0.15) is 26.7 Å². The van der Waals surface area contributed by atoms with Crippen LogP contribution >= 0.6 is 0 Å². The van der Waals surface area contributed by atoms with Gasteiger partial charge >= 0.3 is 5.69 Å². The summed E-state index contributed by atoms with van der Waals surface area (Å²) in [5, 5.41) is 14.4. The van der Waals surface area contributed by atoms with E-state index in [1.54, 1.807) is 4.90 Å². The molecule has 7 heteroatoms. The molecule has 5 nitrogen and oxygen atoms in total. The summed E-state index contributed by atoms with van der Waals surface area (Å²) in [7, 11) is 0. The number of nitro benzene ring substituents is 1. The molecule has 1 saturated heterocycles. The van der Waals surface area contributed by atoms with Crippen molar-refractivity contribution in [2.45, 2.75) is 38.8 Å². The first-order valence-electron chi connectivity index (χ1n) is 7.03. The average Bonchev–Trinajstić information content (AvgIpc) is 2.86. The van der Waals surface area contributed by atoms with Gasteiger partial charge in [0.15, 0.2) is 0 Å². The van der Waals surface area contributed by atoms with Crippen LogP contribution in [0.4, 0.5) is 20.2 Å². The Hall–Kier alpha value is -1.76. The van der Waals surface area contributed by atoms with Crippen molar-refractivity contribution in [1.29, 1.82) is 0 Å². The largest absolute Gasteiger partial charge is 0.362 e. The fraction of sp³-hybridized carbons (Fsp3) is 0.571. The Morgan fingerprint density at radius 3 is 2.71 bits per heavy atom. The highest BCUT2D eigenvalue weighted by molar-refractivity contribution is 5.64. The van der Waals surface area contributed by atoms with Crippen LogP contribution in [0.2, 0.25) is 0 Å². The number of hydrogen-bond acceptors (Lipinski definition) is 4. The zero-order chi connectivity index (χ0) is 15.6. The number of halogens is 2. The third kappa shape index (κ3) is 3.47. The topological polar surface area (TPSA) is 58.4 Å². The smallest absolute Gasteiger partial charge is 0.328 e. The van der Waals surface area contributed by atoms with E-state index in [0.717, 1.165) is 25.5 Å². The quantitative estimate of drug-likeness (QED) is 0.671. The van der Waals surface area contributed by atoms with E-state index in [4.69, 9.17) is 0 Å². The van der Waals surface area contributed by atoms with Gasteiger partial charge in [0, 0.05) is 30.8 Å². The van der Waals surface area contributed by atoms with Crippen molar-refractivity contribution < 1.29 is 13.7 Å². The lowest BCUT2D eigenvalue weighted by Crippen LogP contribution is -2.41. The summed E-state index contributed by atoms with van der Waals surface area (Å²) in [6, 6.07) is 1.66. The molecule has 0 bridgehead atoms. The van der Waals surface area contributed by atoms with Crippen LogP contribution in [0.5, 0.6) is 0 Å². The zero-order valence-corrected chi connectivity index (χ0v) is 12.1. The van der Waals surface area contributed by atoms with E-state index in [9.17, 15) is 18.9 Å². The molecule has 1 heterocycles. The molecule has 1 aromatic rings. The predicted octanol–water partition coefficient (Wildman–Crippen LogP) is 2.84. The van der Waals surface area contributed by atoms with Gasteiger partial charge in [0.1, 0.15) is 11.5 Å². The summed E-state index contributed by atoms with van der Waals surface area (Å²) < 4.78 is 27.3. The van der Waals surface area contributed by atoms with Crippen LogP contribution in [0.3, 0.4) is 0 Å². The van der Waals surface area contributed by atoms with Crippen LogP contribution < -0.4 is 10.2 Å². The molecule has 0 aromatic heterocycles. The maximum absolute atomic E-state index is 13.8. The molecule has 2 rings (SSSR count). The van der Waals surface area contributed by atoms with E-state index in [0.29, 0.717) is 12.6 Å². The first kappa shape index (κ1) is 15.6. The molecule has 0 spiro atoms. The van der Waals surface area contributed by atoms with E-state index in [-0.39, 0.29) is 17.8 Å². The number of benzene rings is 1. The van der Waals surface area contributed by atoms with Crippen molar-refractivity contribution in [2.75, 3.05) is 18.0 Å². The van der Waals surface area contributed by atoms with Crippen molar-refractivity contribution in [3.63, 3.8) is 0 Å². The molecule has 1 aliphatic rings. The molecule has 0 aliphatic carbocycles. The number of anilines is 1. The predicted molar refractivity (Wildman–Crippen MR) is 76.5 cm³/mol. The van der Waals surface area contributed by atoms with Crippen LogP contribution in [-0.4, -0.2) is 30.1 Å². The summed E-state index contributed by atoms with van der Waals surface area (Å²) in [4.78, 5) is 12.0. The first-order valence-corrected chi connectivity index (χ1v) is 7.03. The summed E-state index contributed by atoms with van der Waals surface area (Å²) in [6.07, 6.45) is 1.99. The van der Waals surface area contributed by atoms with Gasteiger partial charge in [0.05, 0.1) is 4.92 Å². The van der Waals surface area contributed by atoms with Gasteiger partial charge in [-0.05, 0) is 33.2 Å². The van der Waals surface area contributed by atoms with E-state index in [2.05, 4.69) is 5.32 Å². The first-order chi connectivity index (χ1) is 9.90. The third-order valence-electron chi connectivity index (χ3n) is 3.70. The Morgan fingerprint density at radius 2 is 2.19 bits per heavy atom. The van der Waals surface area contributed by atoms with Crippen molar-refractivity contribution in [2.24, 2.45) is 0 Å². The summed E-state index contributed by atoms with van der Waals surface area (Å²) in [5.74, 6) is -1.95. The summed E-state index contributed by atoms with van der Waals surface area (Å²) in [6.45, 7) is 5.08. The summed E-state index contributed by atoms with van der Waals surface area (Å²) in [5.41, 5.74) is -0.663. The maximum atomic E-state index is 13.8. The number of rotatable bonds is 5. The second kappa shape index (κ2) is 6.34. The molecule has 1 fully saturated rings. The lowest BCUT2D eigenvalue weighted by atomic mass is 10.1. The van der Waals surface area contributed by atoms with Gasteiger partial charge in [-0.3, -0.25) is 10.1 Å². The van der Waals surface area contributed by atoms with Gasteiger partial charge in [0.25, 0.3) is 0 Å². The molecule has 1 atom stereocenters. The lowest BCUT2D eigenvalue weighted by molar-refractivity contribution is -0.386. The average molecular weight is 299 g/mol. The van der Waals surface area contributed by atoms with Crippen LogP contribution in [0, 0.1) is 21.7 Å². The second-order valence-electron chi connectivity index (χ2n) is 5.55. The molecule has 0 amide bonds. The molecule has 0 saturated carbocycles. The monoisotopic (exact) mass is 299 g/mol. The molecule has 1 aliphatic heterocycles. The highest BCUT2D eigenvalue weighted by atomic mass is 19.1. The fourth-order valence-corrected chi connectivity index (χ4v) is 2.69. The van der Waals surface area contributed by atoms with Gasteiger partial charge in [-0.15, -0.1) is 0 Å².